The molecule has 0 aromatic heterocycles. The summed E-state index contributed by atoms with van der Waals surface area (Å²) in [5, 5.41) is 2.64. The van der Waals surface area contributed by atoms with Crippen molar-refractivity contribution in [3.8, 4) is 5.75 Å². The molecule has 0 aliphatic carbocycles. The SMILES string of the molecule is COc1ccc(C(=O)COC(=O)CN2C(=O)N[C@@](C)(CCC(C)C)C2=O)cc1. The number of ketones is 1. The first kappa shape index (κ1) is 21.4. The summed E-state index contributed by atoms with van der Waals surface area (Å²) in [6.45, 7) is 4.70. The maximum absolute atomic E-state index is 12.6. The lowest BCUT2D eigenvalue weighted by molar-refractivity contribution is -0.146. The number of carbonyl (C=O) groups excluding carboxylic acids is 4. The highest BCUT2D eigenvalue weighted by Crippen LogP contribution is 2.24. The molecule has 28 heavy (non-hydrogen) atoms. The van der Waals surface area contributed by atoms with Crippen LogP contribution in [0, 0.1) is 5.92 Å². The minimum Gasteiger partial charge on any atom is -0.497 e. The van der Waals surface area contributed by atoms with Gasteiger partial charge in [0.15, 0.2) is 12.4 Å². The van der Waals surface area contributed by atoms with Gasteiger partial charge in [-0.25, -0.2) is 4.79 Å². The van der Waals surface area contributed by atoms with Crippen LogP contribution in [-0.4, -0.2) is 54.4 Å². The summed E-state index contributed by atoms with van der Waals surface area (Å²) < 4.78 is 9.96. The van der Waals surface area contributed by atoms with Gasteiger partial charge in [-0.15, -0.1) is 0 Å². The molecule has 2 rings (SSSR count). The minimum absolute atomic E-state index is 0.366. The maximum Gasteiger partial charge on any atom is 0.326 e. The van der Waals surface area contributed by atoms with Gasteiger partial charge in [0.1, 0.15) is 17.8 Å². The third-order valence-corrected chi connectivity index (χ3v) is 4.63. The molecule has 1 aromatic rings. The Labute approximate surface area is 164 Å². The van der Waals surface area contributed by atoms with Crippen molar-refractivity contribution in [1.29, 1.82) is 0 Å². The summed E-state index contributed by atoms with van der Waals surface area (Å²) in [7, 11) is 1.52. The molecule has 0 spiro atoms. The monoisotopic (exact) mass is 390 g/mol. The van der Waals surface area contributed by atoms with E-state index in [4.69, 9.17) is 9.47 Å². The predicted molar refractivity (Wildman–Crippen MR) is 101 cm³/mol. The van der Waals surface area contributed by atoms with Crippen LogP contribution in [-0.2, 0) is 14.3 Å². The lowest BCUT2D eigenvalue weighted by atomic mass is 9.92. The number of benzene rings is 1. The molecule has 0 bridgehead atoms. The topological polar surface area (TPSA) is 102 Å². The van der Waals surface area contributed by atoms with Crippen LogP contribution < -0.4 is 10.1 Å². The van der Waals surface area contributed by atoms with Gasteiger partial charge < -0.3 is 14.8 Å². The second-order valence-corrected chi connectivity index (χ2v) is 7.40. The fourth-order valence-corrected chi connectivity index (χ4v) is 2.82. The van der Waals surface area contributed by atoms with E-state index in [9.17, 15) is 19.2 Å². The number of ether oxygens (including phenoxy) is 2. The zero-order valence-electron chi connectivity index (χ0n) is 16.6. The third kappa shape index (κ3) is 5.09. The molecule has 0 saturated carbocycles. The fourth-order valence-electron chi connectivity index (χ4n) is 2.82. The van der Waals surface area contributed by atoms with E-state index < -0.39 is 42.4 Å². The predicted octanol–water partition coefficient (Wildman–Crippen LogP) is 2.17. The molecule has 152 valence electrons. The normalized spacial score (nSPS) is 19.0. The summed E-state index contributed by atoms with van der Waals surface area (Å²) in [6, 6.07) is 5.74. The number of rotatable bonds is 9. The molecule has 0 unspecified atom stereocenters. The summed E-state index contributed by atoms with van der Waals surface area (Å²) in [4.78, 5) is 49.6. The van der Waals surface area contributed by atoms with Crippen LogP contribution in [0.5, 0.6) is 5.75 Å². The van der Waals surface area contributed by atoms with Gasteiger partial charge in [-0.3, -0.25) is 19.3 Å². The molecule has 1 N–H and O–H groups in total. The molecule has 0 radical (unpaired) electrons. The van der Waals surface area contributed by atoms with Crippen molar-refractivity contribution < 1.29 is 28.7 Å². The number of Topliss-reactive ketones (excluding diaryl/α,β-unsaturated/α-hetero) is 1. The Morgan fingerprint density at radius 1 is 1.18 bits per heavy atom. The summed E-state index contributed by atoms with van der Waals surface area (Å²) in [6.07, 6.45) is 1.24. The molecular formula is C20H26N2O6. The second kappa shape index (κ2) is 8.86. The molecule has 1 atom stereocenters. The van der Waals surface area contributed by atoms with E-state index in [1.54, 1.807) is 31.2 Å². The first-order valence-electron chi connectivity index (χ1n) is 9.13. The van der Waals surface area contributed by atoms with E-state index in [1.165, 1.54) is 7.11 Å². The first-order chi connectivity index (χ1) is 13.2. The number of amides is 3. The van der Waals surface area contributed by atoms with Gasteiger partial charge in [-0.05, 0) is 49.9 Å². The van der Waals surface area contributed by atoms with Gasteiger partial charge in [-0.2, -0.15) is 0 Å². The molecule has 3 amide bonds. The Hall–Kier alpha value is -2.90. The lowest BCUT2D eigenvalue weighted by Gasteiger charge is -2.22. The molecule has 1 fully saturated rings. The Morgan fingerprint density at radius 2 is 1.82 bits per heavy atom. The highest BCUT2D eigenvalue weighted by atomic mass is 16.5. The fraction of sp³-hybridized carbons (Fsp3) is 0.500. The number of carbonyl (C=O) groups is 4. The van der Waals surface area contributed by atoms with E-state index in [0.717, 1.165) is 11.3 Å². The van der Waals surface area contributed by atoms with Crippen LogP contribution in [0.2, 0.25) is 0 Å². The van der Waals surface area contributed by atoms with E-state index >= 15 is 0 Å². The van der Waals surface area contributed by atoms with Crippen molar-refractivity contribution in [3.05, 3.63) is 29.8 Å². The quantitative estimate of drug-likeness (QED) is 0.394. The number of nitrogens with zero attached hydrogens (tertiary/aromatic N) is 1. The van der Waals surface area contributed by atoms with Crippen LogP contribution >= 0.6 is 0 Å². The van der Waals surface area contributed by atoms with Crippen molar-refractivity contribution in [2.45, 2.75) is 39.2 Å². The van der Waals surface area contributed by atoms with Crippen LogP contribution in [0.15, 0.2) is 24.3 Å². The number of esters is 1. The zero-order valence-corrected chi connectivity index (χ0v) is 16.6. The van der Waals surface area contributed by atoms with Crippen LogP contribution in [0.3, 0.4) is 0 Å². The summed E-state index contributed by atoms with van der Waals surface area (Å²) in [5.41, 5.74) is -0.662. The van der Waals surface area contributed by atoms with Gasteiger partial charge in [-0.1, -0.05) is 13.8 Å². The van der Waals surface area contributed by atoms with Crippen molar-refractivity contribution in [1.82, 2.24) is 10.2 Å². The van der Waals surface area contributed by atoms with E-state index in [2.05, 4.69) is 5.32 Å². The number of hydrogen-bond acceptors (Lipinski definition) is 6. The lowest BCUT2D eigenvalue weighted by Crippen LogP contribution is -2.44. The average Bonchev–Trinajstić information content (AvgIpc) is 2.88. The molecule has 1 heterocycles. The van der Waals surface area contributed by atoms with E-state index in [0.29, 0.717) is 23.7 Å². The van der Waals surface area contributed by atoms with Crippen molar-refractivity contribution in [2.75, 3.05) is 20.3 Å². The van der Waals surface area contributed by atoms with Crippen LogP contribution in [0.1, 0.15) is 44.0 Å². The van der Waals surface area contributed by atoms with Gasteiger partial charge in [0, 0.05) is 5.56 Å². The van der Waals surface area contributed by atoms with Crippen molar-refractivity contribution >= 4 is 23.7 Å². The number of nitrogens with one attached hydrogen (secondary N) is 1. The zero-order chi connectivity index (χ0) is 20.9. The van der Waals surface area contributed by atoms with Crippen molar-refractivity contribution in [3.63, 3.8) is 0 Å². The number of imide groups is 1. The summed E-state index contributed by atoms with van der Waals surface area (Å²) in [5.74, 6) is -0.692. The van der Waals surface area contributed by atoms with Gasteiger partial charge >= 0.3 is 12.0 Å². The number of urea groups is 1. The van der Waals surface area contributed by atoms with Crippen LogP contribution in [0.25, 0.3) is 0 Å². The molecule has 1 aliphatic rings. The van der Waals surface area contributed by atoms with E-state index in [1.807, 2.05) is 13.8 Å². The molecule has 1 aromatic carbocycles. The molecule has 8 nitrogen and oxygen atoms in total. The molecule has 8 heteroatoms. The largest absolute Gasteiger partial charge is 0.497 e. The van der Waals surface area contributed by atoms with Gasteiger partial charge in [0.2, 0.25) is 0 Å². The summed E-state index contributed by atoms with van der Waals surface area (Å²) >= 11 is 0. The highest BCUT2D eigenvalue weighted by Gasteiger charge is 2.48. The highest BCUT2D eigenvalue weighted by molar-refractivity contribution is 6.08. The number of hydrogen-bond donors (Lipinski definition) is 1. The first-order valence-corrected chi connectivity index (χ1v) is 9.13. The van der Waals surface area contributed by atoms with Gasteiger partial charge in [0.05, 0.1) is 7.11 Å². The Kier molecular flexibility index (Phi) is 6.77. The van der Waals surface area contributed by atoms with Crippen molar-refractivity contribution in [2.24, 2.45) is 5.92 Å². The third-order valence-electron chi connectivity index (χ3n) is 4.63. The smallest absolute Gasteiger partial charge is 0.326 e. The second-order valence-electron chi connectivity index (χ2n) is 7.40. The minimum atomic E-state index is -1.03. The van der Waals surface area contributed by atoms with Gasteiger partial charge in [0.25, 0.3) is 5.91 Å². The van der Waals surface area contributed by atoms with Crippen LogP contribution in [0.4, 0.5) is 4.79 Å². The maximum atomic E-state index is 12.6. The molecule has 1 aliphatic heterocycles. The Morgan fingerprint density at radius 3 is 2.39 bits per heavy atom. The standard InChI is InChI=1S/C20H26N2O6/c1-13(2)9-10-20(3)18(25)22(19(26)21-20)11-17(24)28-12-16(23)14-5-7-15(27-4)8-6-14/h5-8,13H,9-12H2,1-4H3,(H,21,26)/t20-/m0/s1. The Balaban J connectivity index is 1.89. The molecular weight excluding hydrogens is 364 g/mol. The average molecular weight is 390 g/mol. The van der Waals surface area contributed by atoms with E-state index in [-0.39, 0.29) is 0 Å². The Bertz CT molecular complexity index is 758. The molecule has 1 saturated heterocycles. The number of methoxy groups -OCH3 is 1.